The molecule has 0 bridgehead atoms. The number of ether oxygens (including phenoxy) is 1. The quantitative estimate of drug-likeness (QED) is 0.0249. The first-order valence-electron chi connectivity index (χ1n) is 23.2. The maximum absolute atomic E-state index is 13.1. The van der Waals surface area contributed by atoms with E-state index in [9.17, 15) is 19.8 Å². The molecule has 0 aromatic carbocycles. The molecule has 0 aromatic heterocycles. The van der Waals surface area contributed by atoms with E-state index in [1.807, 2.05) is 42.5 Å². The van der Waals surface area contributed by atoms with Crippen molar-refractivity contribution in [1.82, 2.24) is 5.32 Å². The lowest BCUT2D eigenvalue weighted by Crippen LogP contribution is -2.46. The molecule has 0 fully saturated rings. The molecule has 0 saturated heterocycles. The number of hydrogen-bond acceptors (Lipinski definition) is 5. The fourth-order valence-electron chi connectivity index (χ4n) is 6.58. The summed E-state index contributed by atoms with van der Waals surface area (Å²) in [5.74, 6) is -0.655. The Morgan fingerprint density at radius 2 is 1.07 bits per heavy atom. The molecule has 322 valence electrons. The molecule has 6 heteroatoms. The van der Waals surface area contributed by atoms with Crippen LogP contribution in [0.25, 0.3) is 0 Å². The Morgan fingerprint density at radius 1 is 0.571 bits per heavy atom. The average Bonchev–Trinajstić information content (AvgIpc) is 3.19. The lowest BCUT2D eigenvalue weighted by molar-refractivity contribution is -0.148. The molecule has 0 aliphatic carbocycles. The fraction of sp³-hybridized carbons (Fsp3) is 0.720. The molecule has 0 aromatic rings. The first-order chi connectivity index (χ1) is 27.5. The summed E-state index contributed by atoms with van der Waals surface area (Å²) in [6, 6.07) is -0.742. The fourth-order valence-corrected chi connectivity index (χ4v) is 6.58. The maximum atomic E-state index is 13.1. The van der Waals surface area contributed by atoms with Gasteiger partial charge in [-0.25, -0.2) is 0 Å². The van der Waals surface area contributed by atoms with Gasteiger partial charge in [0.1, 0.15) is 6.10 Å². The molecular formula is C50H87NO5. The highest BCUT2D eigenvalue weighted by Crippen LogP contribution is 2.15. The van der Waals surface area contributed by atoms with Gasteiger partial charge in [-0.2, -0.15) is 0 Å². The van der Waals surface area contributed by atoms with Gasteiger partial charge < -0.3 is 20.3 Å². The first-order valence-corrected chi connectivity index (χ1v) is 23.2. The van der Waals surface area contributed by atoms with Crippen LogP contribution in [0.5, 0.6) is 0 Å². The number of amides is 1. The van der Waals surface area contributed by atoms with Crippen molar-refractivity contribution in [3.8, 4) is 0 Å². The van der Waals surface area contributed by atoms with Gasteiger partial charge in [-0.15, -0.1) is 0 Å². The van der Waals surface area contributed by atoms with Crippen LogP contribution < -0.4 is 5.32 Å². The highest BCUT2D eigenvalue weighted by Gasteiger charge is 2.23. The molecule has 3 N–H and O–H groups in total. The Hall–Kier alpha value is -2.70. The van der Waals surface area contributed by atoms with E-state index in [2.05, 4.69) is 50.4 Å². The highest BCUT2D eigenvalue weighted by atomic mass is 16.5. The zero-order valence-corrected chi connectivity index (χ0v) is 36.5. The third-order valence-electron chi connectivity index (χ3n) is 10.1. The normalized spacial score (nSPS) is 14.0. The zero-order valence-electron chi connectivity index (χ0n) is 36.5. The summed E-state index contributed by atoms with van der Waals surface area (Å²) < 4.78 is 5.78. The number of nitrogens with one attached hydrogen (secondary N) is 1. The van der Waals surface area contributed by atoms with Gasteiger partial charge in [-0.05, 0) is 57.4 Å². The predicted molar refractivity (Wildman–Crippen MR) is 241 cm³/mol. The van der Waals surface area contributed by atoms with Crippen molar-refractivity contribution in [2.24, 2.45) is 0 Å². The molecule has 0 heterocycles. The van der Waals surface area contributed by atoms with Crippen molar-refractivity contribution in [1.29, 1.82) is 0 Å². The van der Waals surface area contributed by atoms with Gasteiger partial charge in [0.05, 0.1) is 25.2 Å². The summed E-state index contributed by atoms with van der Waals surface area (Å²) in [7, 11) is 0. The SMILES string of the molecule is CC/C=C/C=C/C=C\C=C/CCCCCC(=O)OC(/C=C/C/C=C\CCCCCCCC)CC(=O)NC(CO)C(O)CCCCCCCCCCCCCCC. The minimum absolute atomic E-state index is 0.0476. The number of aliphatic hydroxyl groups excluding tert-OH is 2. The molecule has 0 rings (SSSR count). The van der Waals surface area contributed by atoms with Gasteiger partial charge in [0.15, 0.2) is 0 Å². The maximum Gasteiger partial charge on any atom is 0.306 e. The van der Waals surface area contributed by atoms with Crippen LogP contribution in [-0.2, 0) is 14.3 Å². The predicted octanol–water partition coefficient (Wildman–Crippen LogP) is 13.4. The van der Waals surface area contributed by atoms with Gasteiger partial charge in [-0.3, -0.25) is 9.59 Å². The third-order valence-corrected chi connectivity index (χ3v) is 10.1. The van der Waals surface area contributed by atoms with Crippen LogP contribution in [0.4, 0.5) is 0 Å². The lowest BCUT2D eigenvalue weighted by Gasteiger charge is -2.23. The molecule has 3 unspecified atom stereocenters. The van der Waals surface area contributed by atoms with E-state index in [0.29, 0.717) is 19.3 Å². The minimum Gasteiger partial charge on any atom is -0.458 e. The topological polar surface area (TPSA) is 95.9 Å². The molecule has 0 aliphatic rings. The number of hydrogen-bond donors (Lipinski definition) is 3. The summed E-state index contributed by atoms with van der Waals surface area (Å²) in [4.78, 5) is 25.9. The van der Waals surface area contributed by atoms with Gasteiger partial charge >= 0.3 is 5.97 Å². The van der Waals surface area contributed by atoms with Crippen molar-refractivity contribution in [3.05, 3.63) is 72.9 Å². The van der Waals surface area contributed by atoms with Crippen molar-refractivity contribution in [3.63, 3.8) is 0 Å². The van der Waals surface area contributed by atoms with Crippen LogP contribution in [0.1, 0.15) is 207 Å². The van der Waals surface area contributed by atoms with Gasteiger partial charge in [0.25, 0.3) is 0 Å². The van der Waals surface area contributed by atoms with Crippen LogP contribution in [0.15, 0.2) is 72.9 Å². The highest BCUT2D eigenvalue weighted by molar-refractivity contribution is 5.78. The van der Waals surface area contributed by atoms with E-state index < -0.39 is 18.2 Å². The third kappa shape index (κ3) is 38.2. The van der Waals surface area contributed by atoms with Crippen molar-refractivity contribution in [2.75, 3.05) is 6.61 Å². The molecule has 1 amide bonds. The van der Waals surface area contributed by atoms with E-state index in [1.54, 1.807) is 6.08 Å². The molecule has 0 aliphatic heterocycles. The van der Waals surface area contributed by atoms with Crippen LogP contribution in [0, 0.1) is 0 Å². The van der Waals surface area contributed by atoms with Crippen molar-refractivity contribution < 1.29 is 24.5 Å². The van der Waals surface area contributed by atoms with E-state index in [-0.39, 0.29) is 24.9 Å². The van der Waals surface area contributed by atoms with E-state index in [1.165, 1.54) is 103 Å². The van der Waals surface area contributed by atoms with E-state index in [4.69, 9.17) is 4.74 Å². The number of carbonyl (C=O) groups is 2. The van der Waals surface area contributed by atoms with Crippen molar-refractivity contribution in [2.45, 2.75) is 225 Å². The molecule has 56 heavy (non-hydrogen) atoms. The van der Waals surface area contributed by atoms with Crippen LogP contribution in [-0.4, -0.2) is 46.9 Å². The van der Waals surface area contributed by atoms with Gasteiger partial charge in [-0.1, -0.05) is 210 Å². The molecule has 6 nitrogen and oxygen atoms in total. The number of esters is 1. The summed E-state index contributed by atoms with van der Waals surface area (Å²) in [6.07, 6.45) is 54.2. The van der Waals surface area contributed by atoms with Crippen LogP contribution >= 0.6 is 0 Å². The molecule has 0 radical (unpaired) electrons. The Kier molecular flexibility index (Phi) is 41.3. The standard InChI is InChI=1S/C50H87NO5/c1-4-7-10-13-16-19-22-24-27-30-33-36-39-42-48(53)47(45-52)51-49(54)44-46(41-38-35-32-29-26-21-18-15-12-9-6-3)56-50(55)43-40-37-34-31-28-25-23-20-17-14-11-8-5-2/h8,11,14,17,20,23,25,28-29,32,38,41,46-48,52-53H,4-7,9-10,12-13,15-16,18-19,21-22,24,26-27,30-31,33-37,39-40,42-45H2,1-3H3,(H,51,54)/b11-8+,17-14+,23-20-,28-25-,32-29-,41-38+. The van der Waals surface area contributed by atoms with Crippen molar-refractivity contribution >= 4 is 11.9 Å². The molecule has 0 spiro atoms. The van der Waals surface area contributed by atoms with Crippen LogP contribution in [0.3, 0.4) is 0 Å². The summed E-state index contributed by atoms with van der Waals surface area (Å²) >= 11 is 0. The number of rotatable bonds is 40. The number of aliphatic hydroxyl groups is 2. The monoisotopic (exact) mass is 782 g/mol. The van der Waals surface area contributed by atoms with Gasteiger partial charge in [0.2, 0.25) is 5.91 Å². The number of allylic oxidation sites excluding steroid dienone is 11. The largest absolute Gasteiger partial charge is 0.458 e. The number of carbonyl (C=O) groups excluding carboxylic acids is 2. The summed E-state index contributed by atoms with van der Waals surface area (Å²) in [5.41, 5.74) is 0. The minimum atomic E-state index is -0.819. The average molecular weight is 782 g/mol. The summed E-state index contributed by atoms with van der Waals surface area (Å²) in [5, 5.41) is 23.6. The van der Waals surface area contributed by atoms with E-state index in [0.717, 1.165) is 57.8 Å². The Morgan fingerprint density at radius 3 is 1.64 bits per heavy atom. The molecule has 3 atom stereocenters. The lowest BCUT2D eigenvalue weighted by atomic mass is 10.0. The summed E-state index contributed by atoms with van der Waals surface area (Å²) in [6.45, 7) is 6.27. The smallest absolute Gasteiger partial charge is 0.306 e. The Balaban J connectivity index is 4.72. The zero-order chi connectivity index (χ0) is 41.0. The Bertz CT molecular complexity index is 1060. The second-order valence-corrected chi connectivity index (χ2v) is 15.5. The van der Waals surface area contributed by atoms with Crippen LogP contribution in [0.2, 0.25) is 0 Å². The van der Waals surface area contributed by atoms with E-state index >= 15 is 0 Å². The van der Waals surface area contributed by atoms with Gasteiger partial charge in [0, 0.05) is 6.42 Å². The Labute approximate surface area is 345 Å². The first kappa shape index (κ1) is 53.3. The molecular weight excluding hydrogens is 695 g/mol. The second kappa shape index (κ2) is 43.4. The number of unbranched alkanes of at least 4 members (excludes halogenated alkanes) is 21. The molecule has 0 saturated carbocycles. The second-order valence-electron chi connectivity index (χ2n) is 15.5.